The van der Waals surface area contributed by atoms with E-state index in [-0.39, 0.29) is 24.5 Å². The fourth-order valence-electron chi connectivity index (χ4n) is 4.78. The van der Waals surface area contributed by atoms with E-state index in [1.807, 2.05) is 59.5 Å². The lowest BCUT2D eigenvalue weighted by Gasteiger charge is -2.44. The first-order chi connectivity index (χ1) is 17.1. The summed E-state index contributed by atoms with van der Waals surface area (Å²) in [4.78, 5) is 34.6. The van der Waals surface area contributed by atoms with E-state index >= 15 is 0 Å². The molecule has 0 unspecified atom stereocenters. The maximum absolute atomic E-state index is 13.6. The molecule has 2 heterocycles. The van der Waals surface area contributed by atoms with Crippen LogP contribution >= 0.6 is 11.6 Å². The molecule has 1 fully saturated rings. The molecular formula is C28H28ClN3O3. The molecule has 6 nitrogen and oxygen atoms in total. The Labute approximate surface area is 210 Å². The molecule has 180 valence electrons. The maximum Gasteiger partial charge on any atom is 0.254 e. The average molecular weight is 490 g/mol. The number of hydroxylamine groups is 1. The van der Waals surface area contributed by atoms with Gasteiger partial charge in [-0.2, -0.15) is 0 Å². The van der Waals surface area contributed by atoms with Crippen LogP contribution in [0.1, 0.15) is 40.2 Å². The van der Waals surface area contributed by atoms with Crippen molar-refractivity contribution in [1.82, 2.24) is 15.7 Å². The molecule has 0 bridgehead atoms. The monoisotopic (exact) mass is 489 g/mol. The summed E-state index contributed by atoms with van der Waals surface area (Å²) in [5, 5.41) is 3.75. The zero-order valence-electron chi connectivity index (χ0n) is 19.3. The quantitative estimate of drug-likeness (QED) is 0.335. The molecule has 2 aliphatic rings. The van der Waals surface area contributed by atoms with Gasteiger partial charge in [-0.25, -0.2) is 5.48 Å². The van der Waals surface area contributed by atoms with Crippen LogP contribution in [0.2, 0.25) is 0 Å². The molecule has 0 aliphatic carbocycles. The topological polar surface area (TPSA) is 70.7 Å². The van der Waals surface area contributed by atoms with Crippen LogP contribution < -0.4 is 10.8 Å². The number of carbonyl (C=O) groups excluding carboxylic acids is 2. The van der Waals surface area contributed by atoms with E-state index in [2.05, 4.69) is 16.7 Å². The first-order valence-electron chi connectivity index (χ1n) is 11.7. The molecule has 0 radical (unpaired) electrons. The number of hydrogen-bond acceptors (Lipinski definition) is 4. The van der Waals surface area contributed by atoms with Gasteiger partial charge in [0.1, 0.15) is 0 Å². The van der Waals surface area contributed by atoms with Gasteiger partial charge in [0.05, 0.1) is 18.6 Å². The van der Waals surface area contributed by atoms with Gasteiger partial charge < -0.3 is 10.2 Å². The minimum Gasteiger partial charge on any atom is -0.330 e. The lowest BCUT2D eigenvalue weighted by Crippen LogP contribution is -2.56. The third-order valence-electron chi connectivity index (χ3n) is 6.34. The number of rotatable bonds is 8. The highest BCUT2D eigenvalue weighted by Crippen LogP contribution is 2.37. The number of nitrogens with one attached hydrogen (secondary N) is 2. The summed E-state index contributed by atoms with van der Waals surface area (Å²) in [6, 6.07) is 16.5. The first-order valence-corrected chi connectivity index (χ1v) is 12.0. The van der Waals surface area contributed by atoms with E-state index in [1.165, 1.54) is 6.08 Å². The van der Waals surface area contributed by atoms with Crippen molar-refractivity contribution in [2.75, 3.05) is 13.1 Å². The third-order valence-corrected chi connectivity index (χ3v) is 6.58. The van der Waals surface area contributed by atoms with Crippen molar-refractivity contribution in [1.29, 1.82) is 0 Å². The number of hydrogen-bond donors (Lipinski definition) is 2. The van der Waals surface area contributed by atoms with E-state index in [0.29, 0.717) is 29.1 Å². The molecule has 0 aromatic heterocycles. The Morgan fingerprint density at radius 3 is 2.74 bits per heavy atom. The number of halogens is 1. The van der Waals surface area contributed by atoms with Gasteiger partial charge in [-0.1, -0.05) is 72.1 Å². The lowest BCUT2D eigenvalue weighted by atomic mass is 9.80. The van der Waals surface area contributed by atoms with Crippen LogP contribution in [0.5, 0.6) is 0 Å². The zero-order valence-corrected chi connectivity index (χ0v) is 20.1. The molecule has 2 aliphatic heterocycles. The highest BCUT2D eigenvalue weighted by Gasteiger charge is 2.45. The second kappa shape index (κ2) is 11.9. The molecular weight excluding hydrogens is 462 g/mol. The maximum atomic E-state index is 13.6. The highest BCUT2D eigenvalue weighted by atomic mass is 35.5. The van der Waals surface area contributed by atoms with Crippen LogP contribution in [-0.2, 0) is 16.2 Å². The van der Waals surface area contributed by atoms with Gasteiger partial charge in [0, 0.05) is 29.3 Å². The molecule has 2 N–H and O–H groups in total. The fraction of sp³-hybridized carbons (Fsp3) is 0.286. The standard InChI is InChI=1S/C28H28ClN3O3/c1-2-9-21(29)12-8-15-25-26(27(33)31-35-19-20-10-4-3-5-11-20)23-13-6-7-14-24(23)28(34)32(25)22-16-17-30-18-22/h1,3-14,22,25-26,30H,15-19H2,(H,31,33)/b12-8-,21-9+/t22-,25-,26+/m0/s1. The summed E-state index contributed by atoms with van der Waals surface area (Å²) in [7, 11) is 0. The lowest BCUT2D eigenvalue weighted by molar-refractivity contribution is -0.138. The molecule has 2 amide bonds. The molecule has 7 heteroatoms. The third kappa shape index (κ3) is 5.83. The number of terminal acetylenes is 1. The van der Waals surface area contributed by atoms with Crippen LogP contribution in [0, 0.1) is 12.3 Å². The van der Waals surface area contributed by atoms with E-state index in [4.69, 9.17) is 22.9 Å². The van der Waals surface area contributed by atoms with Gasteiger partial charge in [-0.3, -0.25) is 14.4 Å². The minimum atomic E-state index is -0.611. The Morgan fingerprint density at radius 1 is 1.23 bits per heavy atom. The SMILES string of the molecule is C#C/C=C(Cl)\C=C/C[C@H]1[C@H](C(=O)NOCc2ccccc2)c2ccccc2C(=O)N1[C@H]1CCNC1. The van der Waals surface area contributed by atoms with Gasteiger partial charge >= 0.3 is 0 Å². The smallest absolute Gasteiger partial charge is 0.254 e. The van der Waals surface area contributed by atoms with Gasteiger partial charge in [0.2, 0.25) is 0 Å². The molecule has 0 spiro atoms. The fourth-order valence-corrected chi connectivity index (χ4v) is 4.93. The van der Waals surface area contributed by atoms with Gasteiger partial charge in [-0.05, 0) is 42.7 Å². The average Bonchev–Trinajstić information content (AvgIpc) is 3.39. The normalized spacial score (nSPS) is 22.2. The molecule has 2 aromatic rings. The second-order valence-electron chi connectivity index (χ2n) is 8.57. The van der Waals surface area contributed by atoms with Crippen molar-refractivity contribution >= 4 is 23.4 Å². The Hall–Kier alpha value is -3.37. The van der Waals surface area contributed by atoms with Crippen LogP contribution in [0.25, 0.3) is 0 Å². The Balaban J connectivity index is 1.63. The van der Waals surface area contributed by atoms with E-state index < -0.39 is 12.0 Å². The molecule has 0 saturated carbocycles. The van der Waals surface area contributed by atoms with Crippen LogP contribution in [0.3, 0.4) is 0 Å². The number of allylic oxidation sites excluding steroid dienone is 3. The number of benzene rings is 2. The first kappa shape index (κ1) is 24.7. The van der Waals surface area contributed by atoms with Crippen molar-refractivity contribution < 1.29 is 14.4 Å². The van der Waals surface area contributed by atoms with Crippen molar-refractivity contribution in [2.24, 2.45) is 0 Å². The molecule has 2 aromatic carbocycles. The summed E-state index contributed by atoms with van der Waals surface area (Å²) in [5.74, 6) is 1.43. The van der Waals surface area contributed by atoms with E-state index in [1.54, 1.807) is 12.1 Å². The van der Waals surface area contributed by atoms with Crippen LogP contribution in [-0.4, -0.2) is 41.9 Å². The summed E-state index contributed by atoms with van der Waals surface area (Å²) >= 11 is 6.14. The van der Waals surface area contributed by atoms with E-state index in [9.17, 15) is 9.59 Å². The van der Waals surface area contributed by atoms with Crippen molar-refractivity contribution in [3.05, 3.63) is 94.5 Å². The summed E-state index contributed by atoms with van der Waals surface area (Å²) in [6.45, 7) is 1.75. The molecule has 1 saturated heterocycles. The largest absolute Gasteiger partial charge is 0.330 e. The minimum absolute atomic E-state index is 0.00786. The number of amides is 2. The Morgan fingerprint density at radius 2 is 2.00 bits per heavy atom. The summed E-state index contributed by atoms with van der Waals surface area (Å²) in [5.41, 5.74) is 4.83. The second-order valence-corrected chi connectivity index (χ2v) is 9.00. The predicted octanol–water partition coefficient (Wildman–Crippen LogP) is 3.91. The molecule has 35 heavy (non-hydrogen) atoms. The number of nitrogens with zero attached hydrogens (tertiary/aromatic N) is 1. The molecule has 3 atom stereocenters. The van der Waals surface area contributed by atoms with Crippen LogP contribution in [0.15, 0.2) is 77.9 Å². The van der Waals surface area contributed by atoms with Crippen molar-refractivity contribution in [2.45, 2.75) is 37.5 Å². The summed E-state index contributed by atoms with van der Waals surface area (Å²) in [6.07, 6.45) is 11.6. The van der Waals surface area contributed by atoms with Gasteiger partial charge in [0.15, 0.2) is 0 Å². The van der Waals surface area contributed by atoms with Gasteiger partial charge in [-0.15, -0.1) is 6.42 Å². The van der Waals surface area contributed by atoms with Crippen molar-refractivity contribution in [3.63, 3.8) is 0 Å². The predicted molar refractivity (Wildman–Crippen MR) is 136 cm³/mol. The van der Waals surface area contributed by atoms with E-state index in [0.717, 1.165) is 18.5 Å². The Kier molecular flexibility index (Phi) is 8.38. The van der Waals surface area contributed by atoms with Gasteiger partial charge in [0.25, 0.3) is 11.8 Å². The van der Waals surface area contributed by atoms with Crippen LogP contribution in [0.4, 0.5) is 0 Å². The highest BCUT2D eigenvalue weighted by molar-refractivity contribution is 6.31. The number of carbonyl (C=O) groups is 2. The molecule has 4 rings (SSSR count). The summed E-state index contributed by atoms with van der Waals surface area (Å²) < 4.78 is 0. The Bertz CT molecular complexity index is 1150. The van der Waals surface area contributed by atoms with Crippen molar-refractivity contribution in [3.8, 4) is 12.3 Å². The zero-order chi connectivity index (χ0) is 24.6. The number of fused-ring (bicyclic) bond motifs is 1.